The number of nitrogens with zero attached hydrogens (tertiary/aromatic N) is 4. The minimum atomic E-state index is -4.77. The molecule has 1 aliphatic heterocycles. The molecule has 4 rings (SSSR count). The predicted molar refractivity (Wildman–Crippen MR) is 98.4 cm³/mol. The van der Waals surface area contributed by atoms with Crippen LogP contribution in [0, 0.1) is 0 Å². The van der Waals surface area contributed by atoms with Crippen LogP contribution in [0.2, 0.25) is 0 Å². The second-order valence-corrected chi connectivity index (χ2v) is 6.95. The van der Waals surface area contributed by atoms with Gasteiger partial charge < -0.3 is 9.72 Å². The van der Waals surface area contributed by atoms with Gasteiger partial charge >= 0.3 is 6.18 Å². The van der Waals surface area contributed by atoms with Crippen molar-refractivity contribution < 1.29 is 22.7 Å². The Balaban J connectivity index is 2.10. The van der Waals surface area contributed by atoms with Crippen molar-refractivity contribution in [3.8, 4) is 5.75 Å². The Hall–Kier alpha value is -2.88. The molecular weight excluding hydrogens is 387 g/mol. The number of carbonyl (C=O) groups is 1. The number of carbonyl (C=O) groups excluding carboxylic acids is 1. The zero-order valence-electron chi connectivity index (χ0n) is 15.7. The summed E-state index contributed by atoms with van der Waals surface area (Å²) in [7, 11) is 1.43. The topological polar surface area (TPSA) is 76.0 Å². The van der Waals surface area contributed by atoms with Gasteiger partial charge in [0.25, 0.3) is 0 Å². The summed E-state index contributed by atoms with van der Waals surface area (Å²) in [5.41, 5.74) is -1.55. The number of alkyl halides is 3. The first-order valence-electron chi connectivity index (χ1n) is 9.27. The van der Waals surface area contributed by atoms with Crippen LogP contribution in [-0.2, 0) is 16.6 Å². The van der Waals surface area contributed by atoms with Gasteiger partial charge in [0.1, 0.15) is 5.75 Å². The number of benzene rings is 1. The summed E-state index contributed by atoms with van der Waals surface area (Å²) in [6, 6.07) is 4.45. The average molecular weight is 407 g/mol. The minimum Gasteiger partial charge on any atom is -0.497 e. The molecule has 1 aromatic carbocycles. The normalized spacial score (nSPS) is 17.9. The number of piperidine rings is 1. The number of aldehydes is 1. The molecule has 3 aromatic rings. The molecule has 0 bridgehead atoms. The second kappa shape index (κ2) is 7.18. The van der Waals surface area contributed by atoms with Gasteiger partial charge in [0.2, 0.25) is 11.5 Å². The fourth-order valence-corrected chi connectivity index (χ4v) is 4.00. The van der Waals surface area contributed by atoms with Crippen molar-refractivity contribution in [2.75, 3.05) is 20.2 Å². The average Bonchev–Trinajstić information content (AvgIpc) is 3.38. The van der Waals surface area contributed by atoms with E-state index in [1.165, 1.54) is 37.7 Å². The lowest BCUT2D eigenvalue weighted by Crippen LogP contribution is -2.56. The number of H-pyrrole nitrogens is 1. The summed E-state index contributed by atoms with van der Waals surface area (Å²) in [5.74, 6) is -0.679. The molecule has 1 saturated heterocycles. The van der Waals surface area contributed by atoms with Crippen molar-refractivity contribution in [3.63, 3.8) is 0 Å². The van der Waals surface area contributed by atoms with E-state index in [9.17, 15) is 18.0 Å². The molecule has 154 valence electrons. The van der Waals surface area contributed by atoms with E-state index in [2.05, 4.69) is 15.0 Å². The van der Waals surface area contributed by atoms with Crippen LogP contribution in [0.3, 0.4) is 0 Å². The van der Waals surface area contributed by atoms with E-state index in [0.29, 0.717) is 25.1 Å². The highest BCUT2D eigenvalue weighted by atomic mass is 19.4. The van der Waals surface area contributed by atoms with E-state index >= 15 is 0 Å². The first-order valence-corrected chi connectivity index (χ1v) is 9.27. The van der Waals surface area contributed by atoms with E-state index in [4.69, 9.17) is 4.74 Å². The van der Waals surface area contributed by atoms with Crippen molar-refractivity contribution >= 4 is 17.3 Å². The molecule has 0 radical (unpaired) electrons. The van der Waals surface area contributed by atoms with Crippen LogP contribution in [0.4, 0.5) is 13.2 Å². The molecule has 1 fully saturated rings. The third-order valence-corrected chi connectivity index (χ3v) is 5.31. The molecule has 1 unspecified atom stereocenters. The van der Waals surface area contributed by atoms with Gasteiger partial charge in [-0.3, -0.25) is 14.3 Å². The number of aromatic nitrogens is 4. The van der Waals surface area contributed by atoms with Crippen molar-refractivity contribution in [1.82, 2.24) is 24.4 Å². The highest BCUT2D eigenvalue weighted by molar-refractivity contribution is 5.81. The number of ether oxygens (including phenoxy) is 1. The Morgan fingerprint density at radius 1 is 1.21 bits per heavy atom. The smallest absolute Gasteiger partial charge is 0.449 e. The summed E-state index contributed by atoms with van der Waals surface area (Å²) in [4.78, 5) is 25.3. The maximum atomic E-state index is 14.1. The van der Waals surface area contributed by atoms with Crippen LogP contribution >= 0.6 is 0 Å². The number of imidazole rings is 2. The van der Waals surface area contributed by atoms with E-state index in [1.54, 1.807) is 4.90 Å². The lowest BCUT2D eigenvalue weighted by Gasteiger charge is -2.42. The number of likely N-dealkylation sites (tertiary alicyclic amines) is 1. The third-order valence-electron chi connectivity index (χ3n) is 5.31. The fourth-order valence-electron chi connectivity index (χ4n) is 4.00. The number of methoxy groups -OCH3 is 1. The Kier molecular flexibility index (Phi) is 4.81. The number of aromatic amines is 1. The van der Waals surface area contributed by atoms with Gasteiger partial charge in [-0.2, -0.15) is 13.2 Å². The number of hydrogen-bond acceptors (Lipinski definition) is 5. The van der Waals surface area contributed by atoms with Crippen molar-refractivity contribution in [2.24, 2.45) is 0 Å². The summed E-state index contributed by atoms with van der Waals surface area (Å²) in [6.07, 6.45) is 1.15. The van der Waals surface area contributed by atoms with Gasteiger partial charge in [-0.25, -0.2) is 9.97 Å². The van der Waals surface area contributed by atoms with Crippen LogP contribution in [0.5, 0.6) is 5.75 Å². The van der Waals surface area contributed by atoms with Gasteiger partial charge in [-0.05, 0) is 25.0 Å². The first kappa shape index (κ1) is 19.4. The molecular formula is C19H20F3N5O2. The van der Waals surface area contributed by atoms with Crippen molar-refractivity contribution in [3.05, 3.63) is 42.2 Å². The van der Waals surface area contributed by atoms with Gasteiger partial charge in [0.15, 0.2) is 12.1 Å². The molecule has 0 aliphatic carbocycles. The first-order chi connectivity index (χ1) is 13.9. The molecule has 29 heavy (non-hydrogen) atoms. The minimum absolute atomic E-state index is 0.113. The lowest BCUT2D eigenvalue weighted by molar-refractivity contribution is -0.153. The van der Waals surface area contributed by atoms with E-state index in [0.717, 1.165) is 23.8 Å². The molecule has 1 N–H and O–H groups in total. The highest BCUT2D eigenvalue weighted by Gasteiger charge is 2.50. The van der Waals surface area contributed by atoms with Crippen LogP contribution in [-0.4, -0.2) is 50.9 Å². The summed E-state index contributed by atoms with van der Waals surface area (Å²) in [6.45, 7) is 0.917. The maximum Gasteiger partial charge on any atom is 0.449 e. The monoisotopic (exact) mass is 407 g/mol. The number of rotatable bonds is 5. The highest BCUT2D eigenvalue weighted by Crippen LogP contribution is 2.40. The van der Waals surface area contributed by atoms with Crippen LogP contribution in [0.15, 0.2) is 30.6 Å². The Bertz CT molecular complexity index is 1010. The Morgan fingerprint density at radius 2 is 1.97 bits per heavy atom. The molecule has 10 heteroatoms. The summed E-state index contributed by atoms with van der Waals surface area (Å²) < 4.78 is 48.3. The van der Waals surface area contributed by atoms with Crippen LogP contribution in [0.25, 0.3) is 11.0 Å². The fraction of sp³-hybridized carbons (Fsp3) is 0.421. The summed E-state index contributed by atoms with van der Waals surface area (Å²) >= 11 is 0. The maximum absolute atomic E-state index is 14.1. The van der Waals surface area contributed by atoms with Gasteiger partial charge in [0, 0.05) is 31.5 Å². The van der Waals surface area contributed by atoms with Crippen molar-refractivity contribution in [2.45, 2.75) is 31.1 Å². The molecule has 0 saturated carbocycles. The molecule has 1 aliphatic rings. The zero-order valence-corrected chi connectivity index (χ0v) is 15.7. The van der Waals surface area contributed by atoms with Gasteiger partial charge in [-0.1, -0.05) is 6.42 Å². The number of hydrogen-bond donors (Lipinski definition) is 1. The van der Waals surface area contributed by atoms with Gasteiger partial charge in [-0.15, -0.1) is 0 Å². The predicted octanol–water partition coefficient (Wildman–Crippen LogP) is 3.17. The molecule has 7 nitrogen and oxygen atoms in total. The second-order valence-electron chi connectivity index (χ2n) is 6.95. The molecule has 0 spiro atoms. The van der Waals surface area contributed by atoms with Crippen LogP contribution < -0.4 is 4.74 Å². The zero-order chi connectivity index (χ0) is 20.6. The number of fused-ring (bicyclic) bond motifs is 1. The van der Waals surface area contributed by atoms with E-state index in [1.807, 2.05) is 0 Å². The van der Waals surface area contributed by atoms with Crippen LogP contribution in [0.1, 0.15) is 30.9 Å². The molecule has 0 amide bonds. The van der Waals surface area contributed by atoms with E-state index < -0.39 is 17.7 Å². The molecule has 3 heterocycles. The number of halogens is 3. The van der Waals surface area contributed by atoms with E-state index in [-0.39, 0.29) is 16.9 Å². The largest absolute Gasteiger partial charge is 0.497 e. The SMILES string of the molecule is COc1ccc2nc(C(F)(F)F)n(C(C=O)(c3ncc[nH]3)N3CCCCC3)c2c1. The standard InChI is InChI=1S/C19H20F3N5O2/c1-29-13-5-6-14-15(11-13)27(17(25-14)19(20,21)22)18(12-28,16-23-7-8-24-16)26-9-3-2-4-10-26/h5-8,11-12H,2-4,9-10H2,1H3,(H,23,24). The van der Waals surface area contributed by atoms with Crippen molar-refractivity contribution in [1.29, 1.82) is 0 Å². The lowest BCUT2D eigenvalue weighted by atomic mass is 10.0. The molecule has 1 atom stereocenters. The third kappa shape index (κ3) is 3.07. The Morgan fingerprint density at radius 3 is 2.55 bits per heavy atom. The van der Waals surface area contributed by atoms with Gasteiger partial charge in [0.05, 0.1) is 18.1 Å². The quantitative estimate of drug-likeness (QED) is 0.658. The molecule has 2 aromatic heterocycles. The Labute approximate surface area is 164 Å². The number of nitrogens with one attached hydrogen (secondary N) is 1. The summed E-state index contributed by atoms with van der Waals surface area (Å²) in [5, 5.41) is 0.